The van der Waals surface area contributed by atoms with E-state index in [1.807, 2.05) is 29.2 Å². The van der Waals surface area contributed by atoms with Gasteiger partial charge in [0.2, 0.25) is 5.91 Å². The molecule has 1 aromatic rings. The zero-order valence-corrected chi connectivity index (χ0v) is 13.8. The lowest BCUT2D eigenvalue weighted by Crippen LogP contribution is -2.42. The third kappa shape index (κ3) is 3.39. The number of rotatable bonds is 5. The van der Waals surface area contributed by atoms with E-state index in [9.17, 15) is 9.59 Å². The predicted molar refractivity (Wildman–Crippen MR) is 90.6 cm³/mol. The lowest BCUT2D eigenvalue weighted by molar-refractivity contribution is -0.117. The first kappa shape index (κ1) is 16.0. The molecule has 2 saturated heterocycles. The van der Waals surface area contributed by atoms with Gasteiger partial charge in [-0.1, -0.05) is 13.0 Å². The van der Waals surface area contributed by atoms with Crippen molar-refractivity contribution in [3.63, 3.8) is 0 Å². The Morgan fingerprint density at radius 2 is 2.30 bits per heavy atom. The first-order valence-electron chi connectivity index (χ1n) is 8.63. The van der Waals surface area contributed by atoms with E-state index in [0.717, 1.165) is 51.1 Å². The summed E-state index contributed by atoms with van der Waals surface area (Å²) < 4.78 is 0. The first-order valence-corrected chi connectivity index (χ1v) is 8.63. The van der Waals surface area contributed by atoms with Gasteiger partial charge < -0.3 is 15.1 Å². The second-order valence-corrected chi connectivity index (χ2v) is 6.34. The number of anilines is 1. The fourth-order valence-corrected chi connectivity index (χ4v) is 3.49. The molecule has 0 aliphatic carbocycles. The molecule has 2 aliphatic heterocycles. The SMILES string of the molecule is CCCN(C(=O)c1cccc(N2CCCC2=O)c1)C1CCNC1. The number of carbonyl (C=O) groups is 2. The van der Waals surface area contributed by atoms with Crippen molar-refractivity contribution in [2.24, 2.45) is 0 Å². The van der Waals surface area contributed by atoms with Crippen LogP contribution in [0.2, 0.25) is 0 Å². The van der Waals surface area contributed by atoms with E-state index in [2.05, 4.69) is 12.2 Å². The number of nitrogens with zero attached hydrogens (tertiary/aromatic N) is 2. The standard InChI is InChI=1S/C18H25N3O2/c1-2-10-21(16-8-9-19-13-16)18(23)14-5-3-6-15(12-14)20-11-4-7-17(20)22/h3,5-6,12,16,19H,2,4,7-11,13H2,1H3. The molecule has 2 fully saturated rings. The Labute approximate surface area is 137 Å². The molecule has 5 nitrogen and oxygen atoms in total. The lowest BCUT2D eigenvalue weighted by atomic mass is 10.1. The second kappa shape index (κ2) is 7.13. The summed E-state index contributed by atoms with van der Waals surface area (Å²) in [7, 11) is 0. The summed E-state index contributed by atoms with van der Waals surface area (Å²) >= 11 is 0. The van der Waals surface area contributed by atoms with E-state index in [1.165, 1.54) is 0 Å². The average molecular weight is 315 g/mol. The van der Waals surface area contributed by atoms with E-state index < -0.39 is 0 Å². The summed E-state index contributed by atoms with van der Waals surface area (Å²) in [6, 6.07) is 7.81. The van der Waals surface area contributed by atoms with Gasteiger partial charge in [-0.2, -0.15) is 0 Å². The molecule has 2 amide bonds. The first-order chi connectivity index (χ1) is 11.2. The third-order valence-corrected chi connectivity index (χ3v) is 4.68. The van der Waals surface area contributed by atoms with Crippen LogP contribution < -0.4 is 10.2 Å². The number of nitrogens with one attached hydrogen (secondary N) is 1. The average Bonchev–Trinajstić information content (AvgIpc) is 3.23. The Morgan fingerprint density at radius 3 is 2.96 bits per heavy atom. The molecule has 0 saturated carbocycles. The molecule has 2 aliphatic rings. The second-order valence-electron chi connectivity index (χ2n) is 6.34. The Balaban J connectivity index is 1.81. The van der Waals surface area contributed by atoms with Crippen LogP contribution in [0.3, 0.4) is 0 Å². The number of benzene rings is 1. The van der Waals surface area contributed by atoms with Gasteiger partial charge in [0.25, 0.3) is 5.91 Å². The van der Waals surface area contributed by atoms with Crippen molar-refractivity contribution in [2.45, 2.75) is 38.6 Å². The molecule has 5 heteroatoms. The van der Waals surface area contributed by atoms with Crippen LogP contribution in [0.1, 0.15) is 43.0 Å². The monoisotopic (exact) mass is 315 g/mol. The number of hydrogen-bond donors (Lipinski definition) is 1. The summed E-state index contributed by atoms with van der Waals surface area (Å²) in [6.07, 6.45) is 3.46. The highest BCUT2D eigenvalue weighted by Crippen LogP contribution is 2.23. The summed E-state index contributed by atoms with van der Waals surface area (Å²) in [4.78, 5) is 28.7. The van der Waals surface area contributed by atoms with Gasteiger partial charge in [0.1, 0.15) is 0 Å². The van der Waals surface area contributed by atoms with Crippen LogP contribution in [0.4, 0.5) is 5.69 Å². The number of hydrogen-bond acceptors (Lipinski definition) is 3. The Bertz CT molecular complexity index is 581. The molecule has 0 bridgehead atoms. The maximum absolute atomic E-state index is 13.0. The zero-order valence-electron chi connectivity index (χ0n) is 13.8. The molecule has 3 rings (SSSR count). The van der Waals surface area contributed by atoms with Crippen LogP contribution in [-0.4, -0.2) is 48.9 Å². The van der Waals surface area contributed by atoms with Gasteiger partial charge in [-0.05, 0) is 44.0 Å². The molecule has 0 aromatic heterocycles. The molecule has 1 aromatic carbocycles. The smallest absolute Gasteiger partial charge is 0.254 e. The molecule has 124 valence electrons. The predicted octanol–water partition coefficient (Wildman–Crippen LogP) is 2.03. The maximum Gasteiger partial charge on any atom is 0.254 e. The normalized spacial score (nSPS) is 21.0. The van der Waals surface area contributed by atoms with Gasteiger partial charge in [-0.15, -0.1) is 0 Å². The fraction of sp³-hybridized carbons (Fsp3) is 0.556. The van der Waals surface area contributed by atoms with Crippen molar-refractivity contribution in [3.8, 4) is 0 Å². The van der Waals surface area contributed by atoms with Crippen LogP contribution in [0, 0.1) is 0 Å². The minimum Gasteiger partial charge on any atom is -0.334 e. The molecule has 0 radical (unpaired) electrons. The van der Waals surface area contributed by atoms with Crippen molar-refractivity contribution < 1.29 is 9.59 Å². The van der Waals surface area contributed by atoms with Crippen LogP contribution >= 0.6 is 0 Å². The third-order valence-electron chi connectivity index (χ3n) is 4.68. The van der Waals surface area contributed by atoms with Crippen molar-refractivity contribution in [2.75, 3.05) is 31.1 Å². The van der Waals surface area contributed by atoms with Crippen LogP contribution in [0.5, 0.6) is 0 Å². The molecule has 1 N–H and O–H groups in total. The van der Waals surface area contributed by atoms with Crippen LogP contribution in [0.15, 0.2) is 24.3 Å². The fourth-order valence-electron chi connectivity index (χ4n) is 3.49. The van der Waals surface area contributed by atoms with Crippen molar-refractivity contribution in [1.29, 1.82) is 0 Å². The Hall–Kier alpha value is -1.88. The molecule has 0 spiro atoms. The highest BCUT2D eigenvalue weighted by atomic mass is 16.2. The van der Waals surface area contributed by atoms with Gasteiger partial charge in [0.15, 0.2) is 0 Å². The van der Waals surface area contributed by atoms with Crippen molar-refractivity contribution >= 4 is 17.5 Å². The minimum absolute atomic E-state index is 0.0778. The molecule has 1 atom stereocenters. The molecular weight excluding hydrogens is 290 g/mol. The summed E-state index contributed by atoms with van der Waals surface area (Å²) in [5.74, 6) is 0.231. The largest absolute Gasteiger partial charge is 0.334 e. The quantitative estimate of drug-likeness (QED) is 0.904. The maximum atomic E-state index is 13.0. The summed E-state index contributed by atoms with van der Waals surface area (Å²) in [5, 5.41) is 3.33. The van der Waals surface area contributed by atoms with Crippen molar-refractivity contribution in [3.05, 3.63) is 29.8 Å². The summed E-state index contributed by atoms with van der Waals surface area (Å²) in [5.41, 5.74) is 1.53. The van der Waals surface area contributed by atoms with E-state index in [0.29, 0.717) is 12.0 Å². The van der Waals surface area contributed by atoms with E-state index in [-0.39, 0.29) is 17.9 Å². The van der Waals surface area contributed by atoms with E-state index >= 15 is 0 Å². The van der Waals surface area contributed by atoms with Gasteiger partial charge in [-0.25, -0.2) is 0 Å². The lowest BCUT2D eigenvalue weighted by Gasteiger charge is -2.28. The number of amides is 2. The molecule has 1 unspecified atom stereocenters. The van der Waals surface area contributed by atoms with E-state index in [1.54, 1.807) is 4.90 Å². The van der Waals surface area contributed by atoms with Crippen LogP contribution in [-0.2, 0) is 4.79 Å². The molecular formula is C18H25N3O2. The van der Waals surface area contributed by atoms with E-state index in [4.69, 9.17) is 0 Å². The topological polar surface area (TPSA) is 52.7 Å². The zero-order chi connectivity index (χ0) is 16.2. The Morgan fingerprint density at radius 1 is 1.43 bits per heavy atom. The number of carbonyl (C=O) groups excluding carboxylic acids is 2. The van der Waals surface area contributed by atoms with Gasteiger partial charge >= 0.3 is 0 Å². The Kier molecular flexibility index (Phi) is 4.96. The van der Waals surface area contributed by atoms with Crippen molar-refractivity contribution in [1.82, 2.24) is 10.2 Å². The molecule has 2 heterocycles. The highest BCUT2D eigenvalue weighted by molar-refractivity contribution is 5.99. The highest BCUT2D eigenvalue weighted by Gasteiger charge is 2.28. The van der Waals surface area contributed by atoms with Gasteiger partial charge in [0.05, 0.1) is 0 Å². The van der Waals surface area contributed by atoms with Crippen LogP contribution in [0.25, 0.3) is 0 Å². The minimum atomic E-state index is 0.0778. The summed E-state index contributed by atoms with van der Waals surface area (Å²) in [6.45, 7) is 5.47. The molecule has 23 heavy (non-hydrogen) atoms. The van der Waals surface area contributed by atoms with Gasteiger partial charge in [0, 0.05) is 43.3 Å². The van der Waals surface area contributed by atoms with Gasteiger partial charge in [-0.3, -0.25) is 9.59 Å².